The Bertz CT molecular complexity index is 937. The Hall–Kier alpha value is -2.77. The van der Waals surface area contributed by atoms with Gasteiger partial charge in [0.05, 0.1) is 5.56 Å². The van der Waals surface area contributed by atoms with E-state index in [-0.39, 0.29) is 23.8 Å². The molecule has 4 amide bonds. The van der Waals surface area contributed by atoms with Crippen LogP contribution in [-0.2, 0) is 4.79 Å². The van der Waals surface area contributed by atoms with Crippen LogP contribution in [-0.4, -0.2) is 73.0 Å². The summed E-state index contributed by atoms with van der Waals surface area (Å²) >= 11 is 0. The summed E-state index contributed by atoms with van der Waals surface area (Å²) in [5, 5.41) is 6.24. The quantitative estimate of drug-likeness (QED) is 0.572. The predicted octanol–water partition coefficient (Wildman–Crippen LogP) is 4.85. The van der Waals surface area contributed by atoms with E-state index >= 15 is 0 Å². The van der Waals surface area contributed by atoms with Gasteiger partial charge in [-0.1, -0.05) is 33.1 Å². The Labute approximate surface area is 222 Å². The number of nitrogens with zero attached hydrogens (tertiary/aromatic N) is 3. The van der Waals surface area contributed by atoms with Crippen LogP contribution in [0.25, 0.3) is 0 Å². The largest absolute Gasteiger partial charge is 0.369 e. The Kier molecular flexibility index (Phi) is 9.69. The number of hydrogen-bond donors (Lipinski definition) is 2. The first-order valence-corrected chi connectivity index (χ1v) is 14.4. The number of nitrogens with one attached hydrogen (secondary N) is 2. The van der Waals surface area contributed by atoms with Gasteiger partial charge in [-0.05, 0) is 62.6 Å². The molecule has 0 atom stereocenters. The standard InChI is InChI=1S/C29H45N5O3/c1-22(2)20-27(35)30-24-12-13-26(25(21-24)28(36)33-14-7-4-8-15-33)32-16-9-17-34(19-18-32)29(37)31-23-10-5-3-6-11-23/h12-13,21-23H,3-11,14-20H2,1-2H3,(H,30,35)(H,31,37). The number of carbonyl (C=O) groups excluding carboxylic acids is 3. The summed E-state index contributed by atoms with van der Waals surface area (Å²) in [6.45, 7) is 8.40. The molecule has 0 spiro atoms. The fourth-order valence-corrected chi connectivity index (χ4v) is 5.79. The van der Waals surface area contributed by atoms with Gasteiger partial charge in [0.1, 0.15) is 0 Å². The predicted molar refractivity (Wildman–Crippen MR) is 148 cm³/mol. The van der Waals surface area contributed by atoms with Crippen molar-refractivity contribution in [1.29, 1.82) is 0 Å². The molecule has 1 aromatic rings. The van der Waals surface area contributed by atoms with E-state index in [1.165, 1.54) is 19.3 Å². The van der Waals surface area contributed by atoms with Crippen LogP contribution in [0.3, 0.4) is 0 Å². The highest BCUT2D eigenvalue weighted by molar-refractivity contribution is 6.02. The van der Waals surface area contributed by atoms with Gasteiger partial charge in [0.2, 0.25) is 5.91 Å². The molecular weight excluding hydrogens is 466 g/mol. The molecule has 0 unspecified atom stereocenters. The summed E-state index contributed by atoms with van der Waals surface area (Å²) in [5.41, 5.74) is 2.20. The minimum atomic E-state index is -0.0338. The molecule has 0 radical (unpaired) electrons. The minimum Gasteiger partial charge on any atom is -0.369 e. The number of amides is 4. The van der Waals surface area contributed by atoms with E-state index in [0.717, 1.165) is 63.8 Å². The number of carbonyl (C=O) groups is 3. The van der Waals surface area contributed by atoms with E-state index in [0.29, 0.717) is 43.3 Å². The normalized spacial score (nSPS) is 19.5. The molecule has 3 fully saturated rings. The van der Waals surface area contributed by atoms with E-state index in [1.54, 1.807) is 0 Å². The third-order valence-electron chi connectivity index (χ3n) is 7.80. The Morgan fingerprint density at radius 3 is 2.27 bits per heavy atom. The van der Waals surface area contributed by atoms with Crippen molar-refractivity contribution >= 4 is 29.2 Å². The van der Waals surface area contributed by atoms with Crippen molar-refractivity contribution in [2.24, 2.45) is 5.92 Å². The van der Waals surface area contributed by atoms with Crippen molar-refractivity contribution in [2.45, 2.75) is 84.1 Å². The first-order valence-electron chi connectivity index (χ1n) is 14.4. The van der Waals surface area contributed by atoms with Gasteiger partial charge < -0.3 is 25.3 Å². The summed E-state index contributed by atoms with van der Waals surface area (Å²) in [7, 11) is 0. The second-order valence-corrected chi connectivity index (χ2v) is 11.3. The van der Waals surface area contributed by atoms with Crippen molar-refractivity contribution in [1.82, 2.24) is 15.1 Å². The van der Waals surface area contributed by atoms with Gasteiger partial charge in [-0.15, -0.1) is 0 Å². The van der Waals surface area contributed by atoms with Crippen LogP contribution in [0, 0.1) is 5.92 Å². The van der Waals surface area contributed by atoms with E-state index in [1.807, 2.05) is 41.8 Å². The molecule has 1 aromatic carbocycles. The van der Waals surface area contributed by atoms with Gasteiger partial charge in [-0.2, -0.15) is 0 Å². The lowest BCUT2D eigenvalue weighted by Crippen LogP contribution is -2.46. The van der Waals surface area contributed by atoms with Gasteiger partial charge in [0, 0.05) is 63.1 Å². The lowest BCUT2D eigenvalue weighted by atomic mass is 9.96. The first kappa shape index (κ1) is 27.3. The fourth-order valence-electron chi connectivity index (χ4n) is 5.79. The smallest absolute Gasteiger partial charge is 0.317 e. The number of piperidine rings is 1. The Morgan fingerprint density at radius 2 is 1.54 bits per heavy atom. The first-order chi connectivity index (χ1) is 17.9. The average Bonchev–Trinajstić information content (AvgIpc) is 3.15. The number of anilines is 2. The number of urea groups is 1. The molecule has 2 N–H and O–H groups in total. The minimum absolute atomic E-state index is 0.0332. The summed E-state index contributed by atoms with van der Waals surface area (Å²) in [5.74, 6) is 0.267. The monoisotopic (exact) mass is 511 g/mol. The molecule has 37 heavy (non-hydrogen) atoms. The molecule has 204 valence electrons. The highest BCUT2D eigenvalue weighted by Gasteiger charge is 2.27. The third-order valence-corrected chi connectivity index (χ3v) is 7.80. The zero-order valence-electron chi connectivity index (χ0n) is 22.8. The van der Waals surface area contributed by atoms with E-state index in [4.69, 9.17) is 0 Å². The molecular formula is C29H45N5O3. The van der Waals surface area contributed by atoms with Crippen LogP contribution in [0.5, 0.6) is 0 Å². The van der Waals surface area contributed by atoms with Crippen molar-refractivity contribution in [2.75, 3.05) is 49.5 Å². The number of rotatable bonds is 6. The Morgan fingerprint density at radius 1 is 0.838 bits per heavy atom. The summed E-state index contributed by atoms with van der Waals surface area (Å²) < 4.78 is 0. The van der Waals surface area contributed by atoms with Crippen LogP contribution in [0.2, 0.25) is 0 Å². The number of benzene rings is 1. The lowest BCUT2D eigenvalue weighted by molar-refractivity contribution is -0.116. The maximum absolute atomic E-state index is 13.7. The van der Waals surface area contributed by atoms with Crippen molar-refractivity contribution in [3.63, 3.8) is 0 Å². The maximum atomic E-state index is 13.7. The average molecular weight is 512 g/mol. The topological polar surface area (TPSA) is 85.0 Å². The summed E-state index contributed by atoms with van der Waals surface area (Å²) in [6, 6.07) is 6.07. The van der Waals surface area contributed by atoms with E-state index < -0.39 is 0 Å². The van der Waals surface area contributed by atoms with Crippen LogP contribution in [0.15, 0.2) is 18.2 Å². The molecule has 8 nitrogen and oxygen atoms in total. The van der Waals surface area contributed by atoms with Crippen LogP contribution in [0.1, 0.15) is 88.4 Å². The molecule has 0 bridgehead atoms. The summed E-state index contributed by atoms with van der Waals surface area (Å²) in [6.07, 6.45) is 10.3. The second kappa shape index (κ2) is 13.2. The van der Waals surface area contributed by atoms with E-state index in [9.17, 15) is 14.4 Å². The van der Waals surface area contributed by atoms with Crippen molar-refractivity contribution < 1.29 is 14.4 Å². The SMILES string of the molecule is CC(C)CC(=O)Nc1ccc(N2CCCN(C(=O)NC3CCCCC3)CC2)c(C(=O)N2CCCCC2)c1. The van der Waals surface area contributed by atoms with Gasteiger partial charge in [0.25, 0.3) is 5.91 Å². The highest BCUT2D eigenvalue weighted by atomic mass is 16.2. The second-order valence-electron chi connectivity index (χ2n) is 11.3. The molecule has 0 aromatic heterocycles. The van der Waals surface area contributed by atoms with Crippen molar-refractivity contribution in [3.05, 3.63) is 23.8 Å². The summed E-state index contributed by atoms with van der Waals surface area (Å²) in [4.78, 5) is 45.2. The molecule has 8 heteroatoms. The Balaban J connectivity index is 1.48. The molecule has 2 saturated heterocycles. The molecule has 1 aliphatic carbocycles. The fraction of sp³-hybridized carbons (Fsp3) is 0.690. The maximum Gasteiger partial charge on any atom is 0.317 e. The van der Waals surface area contributed by atoms with Gasteiger partial charge in [-0.25, -0.2) is 4.79 Å². The van der Waals surface area contributed by atoms with Crippen LogP contribution < -0.4 is 15.5 Å². The van der Waals surface area contributed by atoms with Crippen molar-refractivity contribution in [3.8, 4) is 0 Å². The molecule has 2 heterocycles. The molecule has 2 aliphatic heterocycles. The van der Waals surface area contributed by atoms with Crippen LogP contribution >= 0.6 is 0 Å². The lowest BCUT2D eigenvalue weighted by Gasteiger charge is -2.31. The number of likely N-dealkylation sites (tertiary alicyclic amines) is 1. The van der Waals surface area contributed by atoms with Gasteiger partial charge >= 0.3 is 6.03 Å². The zero-order valence-corrected chi connectivity index (χ0v) is 22.8. The third kappa shape index (κ3) is 7.62. The molecule has 1 saturated carbocycles. The highest BCUT2D eigenvalue weighted by Crippen LogP contribution is 2.28. The number of hydrogen-bond acceptors (Lipinski definition) is 4. The zero-order chi connectivity index (χ0) is 26.2. The van der Waals surface area contributed by atoms with Gasteiger partial charge in [0.15, 0.2) is 0 Å². The van der Waals surface area contributed by atoms with E-state index in [2.05, 4.69) is 15.5 Å². The van der Waals surface area contributed by atoms with Gasteiger partial charge in [-0.3, -0.25) is 9.59 Å². The van der Waals surface area contributed by atoms with Crippen LogP contribution in [0.4, 0.5) is 16.2 Å². The molecule has 3 aliphatic rings. The molecule has 4 rings (SSSR count).